The lowest BCUT2D eigenvalue weighted by atomic mass is 10.3. The van der Waals surface area contributed by atoms with Gasteiger partial charge < -0.3 is 5.11 Å². The van der Waals surface area contributed by atoms with Gasteiger partial charge in [-0.3, -0.25) is 0 Å². The fourth-order valence-electron chi connectivity index (χ4n) is 0.424. The van der Waals surface area contributed by atoms with Crippen molar-refractivity contribution in [1.82, 2.24) is 0 Å². The molecule has 0 aromatic carbocycles. The van der Waals surface area contributed by atoms with Crippen LogP contribution in [0.5, 0.6) is 0 Å². The zero-order valence-corrected chi connectivity index (χ0v) is 3.36. The van der Waals surface area contributed by atoms with Crippen molar-refractivity contribution in [2.24, 2.45) is 0 Å². The first kappa shape index (κ1) is 1.22. The van der Waals surface area contributed by atoms with Gasteiger partial charge in [-0.2, -0.15) is 0 Å². The van der Waals surface area contributed by atoms with Gasteiger partial charge in [0.05, 0.1) is 7.45 Å². The van der Waals surface area contributed by atoms with Crippen LogP contribution >= 0.6 is 0 Å². The lowest BCUT2D eigenvalue weighted by Gasteiger charge is -1.91. The van der Waals surface area contributed by atoms with E-state index in [2.05, 4.69) is 0 Å². The molecule has 1 nitrogen and oxygen atoms in total. The molecule has 1 aliphatic rings. The third-order valence-corrected chi connectivity index (χ3v) is 0.710. The van der Waals surface area contributed by atoms with Crippen LogP contribution in [0.25, 0.3) is 0 Å². The summed E-state index contributed by atoms with van der Waals surface area (Å²) in [5.74, 6) is 0. The van der Waals surface area contributed by atoms with E-state index in [-0.39, 0.29) is 12.8 Å². The van der Waals surface area contributed by atoms with Crippen LogP contribution in [-0.4, -0.2) is 11.2 Å². The highest BCUT2D eigenvalue weighted by Gasteiger charge is 2.09. The first-order chi connectivity index (χ1) is 4.71. The summed E-state index contributed by atoms with van der Waals surface area (Å²) in [6.07, 6.45) is -7.05. The first-order valence-corrected chi connectivity index (χ1v) is 1.93. The SMILES string of the molecule is [2H]C1([2H])CCC([2H])([2H])C1([2H])O. The fraction of sp³-hybridized carbons (Fsp3) is 1.00. The van der Waals surface area contributed by atoms with Gasteiger partial charge in [0.25, 0.3) is 0 Å². The van der Waals surface area contributed by atoms with E-state index in [1.54, 1.807) is 0 Å². The molecule has 1 saturated carbocycles. The maximum absolute atomic E-state index is 9.17. The molecule has 1 aliphatic carbocycles. The molecule has 6 heavy (non-hydrogen) atoms. The van der Waals surface area contributed by atoms with Gasteiger partial charge in [-0.25, -0.2) is 0 Å². The Morgan fingerprint density at radius 1 is 1.67 bits per heavy atom. The molecule has 1 N–H and O–H groups in total. The predicted molar refractivity (Wildman–Crippen MR) is 24.5 cm³/mol. The van der Waals surface area contributed by atoms with E-state index in [0.29, 0.717) is 0 Å². The van der Waals surface area contributed by atoms with Gasteiger partial charge in [0, 0.05) is 5.48 Å². The minimum atomic E-state index is -2.60. The van der Waals surface area contributed by atoms with Gasteiger partial charge in [0.15, 0.2) is 0 Å². The Balaban J connectivity index is 3.00. The minimum absolute atomic E-state index is 0.0972. The van der Waals surface area contributed by atoms with Gasteiger partial charge >= 0.3 is 0 Å². The zero-order chi connectivity index (χ0) is 8.91. The van der Waals surface area contributed by atoms with E-state index in [4.69, 9.17) is 12.0 Å². The second-order valence-corrected chi connectivity index (χ2v) is 1.20. The molecule has 0 aromatic heterocycles. The van der Waals surface area contributed by atoms with Gasteiger partial charge in [0.2, 0.25) is 0 Å². The standard InChI is InChI=1S/C5H10O/c6-5-3-1-2-4-5/h5-6H,1-4H2/i3D2,4D2,5D. The van der Waals surface area contributed by atoms with Crippen LogP contribution in [0.15, 0.2) is 0 Å². The van der Waals surface area contributed by atoms with E-state index >= 15 is 0 Å². The van der Waals surface area contributed by atoms with E-state index < -0.39 is 18.8 Å². The van der Waals surface area contributed by atoms with Crippen LogP contribution in [0.1, 0.15) is 32.4 Å². The van der Waals surface area contributed by atoms with Crippen molar-refractivity contribution < 1.29 is 12.0 Å². The van der Waals surface area contributed by atoms with Crippen LogP contribution in [0.4, 0.5) is 0 Å². The summed E-state index contributed by atoms with van der Waals surface area (Å²) < 4.78 is 35.6. The summed E-state index contributed by atoms with van der Waals surface area (Å²) in [6.45, 7) is 0. The number of aliphatic hydroxyl groups is 1. The van der Waals surface area contributed by atoms with Crippen LogP contribution in [0.3, 0.4) is 0 Å². The maximum Gasteiger partial charge on any atom is 0.0600 e. The summed E-state index contributed by atoms with van der Waals surface area (Å²) >= 11 is 0. The molecule has 0 spiro atoms. The van der Waals surface area contributed by atoms with Crippen molar-refractivity contribution in [1.29, 1.82) is 0 Å². The molecule has 0 aliphatic heterocycles. The van der Waals surface area contributed by atoms with Gasteiger partial charge in [-0.15, -0.1) is 0 Å². The van der Waals surface area contributed by atoms with Crippen molar-refractivity contribution in [2.45, 2.75) is 31.7 Å². The monoisotopic (exact) mass is 91.1 g/mol. The Hall–Kier alpha value is -0.0400. The smallest absolute Gasteiger partial charge is 0.0600 e. The third kappa shape index (κ3) is 0.716. The molecule has 1 heteroatoms. The average Bonchev–Trinajstić information content (AvgIpc) is 1.93. The number of hydrogen-bond acceptors (Lipinski definition) is 1. The lowest BCUT2D eigenvalue weighted by Crippen LogP contribution is -1.94. The second kappa shape index (κ2) is 1.61. The highest BCUT2D eigenvalue weighted by molar-refractivity contribution is 4.63. The molecule has 0 bridgehead atoms. The van der Waals surface area contributed by atoms with Crippen molar-refractivity contribution in [3.8, 4) is 0 Å². The Morgan fingerprint density at radius 3 is 2.33 bits per heavy atom. The molecular formula is C5H10O. The molecule has 0 radical (unpaired) electrons. The fourth-order valence-corrected chi connectivity index (χ4v) is 0.424. The van der Waals surface area contributed by atoms with E-state index in [0.717, 1.165) is 0 Å². The lowest BCUT2D eigenvalue weighted by molar-refractivity contribution is 0.183. The molecule has 0 unspecified atom stereocenters. The van der Waals surface area contributed by atoms with Crippen LogP contribution in [-0.2, 0) is 0 Å². The largest absolute Gasteiger partial charge is 0.393 e. The van der Waals surface area contributed by atoms with Crippen molar-refractivity contribution in [3.63, 3.8) is 0 Å². The van der Waals surface area contributed by atoms with Crippen LogP contribution < -0.4 is 0 Å². The summed E-state index contributed by atoms with van der Waals surface area (Å²) in [7, 11) is 0. The first-order valence-electron chi connectivity index (χ1n) is 4.43. The Bertz CT molecular complexity index is 158. The highest BCUT2D eigenvalue weighted by Crippen LogP contribution is 2.16. The summed E-state index contributed by atoms with van der Waals surface area (Å²) in [6, 6.07) is 0. The summed E-state index contributed by atoms with van der Waals surface area (Å²) in [5.41, 5.74) is 0. The van der Waals surface area contributed by atoms with Gasteiger partial charge in [-0.1, -0.05) is 12.8 Å². The molecule has 0 atom stereocenters. The Labute approximate surface area is 45.0 Å². The highest BCUT2D eigenvalue weighted by atomic mass is 16.3. The molecule has 36 valence electrons. The van der Waals surface area contributed by atoms with Crippen molar-refractivity contribution in [3.05, 3.63) is 0 Å². The topological polar surface area (TPSA) is 20.2 Å². The molecule has 0 aromatic rings. The Morgan fingerprint density at radius 2 is 2.17 bits per heavy atom. The molecule has 0 amide bonds. The average molecular weight is 91.2 g/mol. The molecule has 0 heterocycles. The minimum Gasteiger partial charge on any atom is -0.393 e. The van der Waals surface area contributed by atoms with Crippen LogP contribution in [0, 0.1) is 0 Å². The van der Waals surface area contributed by atoms with Crippen molar-refractivity contribution >= 4 is 0 Å². The zero-order valence-electron chi connectivity index (χ0n) is 8.36. The van der Waals surface area contributed by atoms with E-state index in [1.807, 2.05) is 0 Å². The van der Waals surface area contributed by atoms with Crippen LogP contribution in [0.2, 0.25) is 0 Å². The number of hydrogen-bond donors (Lipinski definition) is 1. The Kier molecular flexibility index (Phi) is 0.327. The molecular weight excluding hydrogens is 76.1 g/mol. The van der Waals surface area contributed by atoms with Crippen molar-refractivity contribution in [2.75, 3.05) is 0 Å². The molecule has 0 saturated heterocycles. The van der Waals surface area contributed by atoms with E-state index in [1.165, 1.54) is 0 Å². The van der Waals surface area contributed by atoms with E-state index in [9.17, 15) is 0 Å². The molecule has 1 rings (SSSR count). The predicted octanol–water partition coefficient (Wildman–Crippen LogP) is 0.921. The normalized spacial score (nSPS) is 59.8. The quantitative estimate of drug-likeness (QED) is 0.470. The maximum atomic E-state index is 9.17. The van der Waals surface area contributed by atoms with Gasteiger partial charge in [-0.05, 0) is 12.7 Å². The second-order valence-electron chi connectivity index (χ2n) is 1.20. The summed E-state index contributed by atoms with van der Waals surface area (Å²) in [5, 5.41) is 9.17. The van der Waals surface area contributed by atoms with Gasteiger partial charge in [0.1, 0.15) is 0 Å². The molecule has 1 fully saturated rings. The number of rotatable bonds is 0. The summed E-state index contributed by atoms with van der Waals surface area (Å²) in [4.78, 5) is 0. The third-order valence-electron chi connectivity index (χ3n) is 0.710.